The van der Waals surface area contributed by atoms with Crippen LogP contribution in [0.1, 0.15) is 47.7 Å². The van der Waals surface area contributed by atoms with Crippen LogP contribution in [0.2, 0.25) is 0 Å². The Hall–Kier alpha value is -2.75. The predicted molar refractivity (Wildman–Crippen MR) is 107 cm³/mol. The number of halogens is 6. The number of rotatable bonds is 3. The number of fused-ring (bicyclic) bond motifs is 1. The third kappa shape index (κ3) is 4.16. The van der Waals surface area contributed by atoms with Crippen molar-refractivity contribution in [1.29, 1.82) is 0 Å². The van der Waals surface area contributed by atoms with Crippen LogP contribution in [0.5, 0.6) is 0 Å². The second-order valence-electron chi connectivity index (χ2n) is 8.77. The summed E-state index contributed by atoms with van der Waals surface area (Å²) in [6.07, 6.45) is -9.43. The number of carbonyl (C=O) groups excluding carboxylic acids is 1. The molecule has 1 saturated carbocycles. The van der Waals surface area contributed by atoms with Gasteiger partial charge in [-0.1, -0.05) is 30.3 Å². The third-order valence-corrected chi connectivity index (χ3v) is 6.66. The van der Waals surface area contributed by atoms with Crippen LogP contribution >= 0.6 is 0 Å². The fourth-order valence-corrected chi connectivity index (χ4v) is 4.61. The quantitative estimate of drug-likeness (QED) is 0.588. The van der Waals surface area contributed by atoms with E-state index in [4.69, 9.17) is 0 Å². The number of nitrogens with zero attached hydrogens (tertiary/aromatic N) is 2. The molecule has 2 amide bonds. The zero-order chi connectivity index (χ0) is 24.3. The number of urea groups is 1. The average molecular weight is 472 g/mol. The minimum atomic E-state index is -4.98. The average Bonchev–Trinajstić information content (AvgIpc) is 3.31. The number of amides is 2. The summed E-state index contributed by atoms with van der Waals surface area (Å²) < 4.78 is 79.5. The van der Waals surface area contributed by atoms with Gasteiger partial charge in [-0.2, -0.15) is 26.3 Å². The van der Waals surface area contributed by atoms with Gasteiger partial charge in [-0.15, -0.1) is 0 Å². The van der Waals surface area contributed by atoms with Gasteiger partial charge in [0, 0.05) is 19.5 Å². The van der Waals surface area contributed by atoms with E-state index in [9.17, 15) is 36.2 Å². The molecule has 33 heavy (non-hydrogen) atoms. The van der Waals surface area contributed by atoms with Crippen LogP contribution in [0.15, 0.2) is 48.5 Å². The molecule has 1 heterocycles. The molecule has 4 rings (SSSR count). The minimum absolute atomic E-state index is 0.0625. The van der Waals surface area contributed by atoms with Gasteiger partial charge in [-0.25, -0.2) is 4.79 Å². The number of carbonyl (C=O) groups is 1. The molecule has 2 aliphatic rings. The molecule has 2 aromatic rings. The molecule has 10 heteroatoms. The molecule has 1 aliphatic carbocycles. The second-order valence-corrected chi connectivity index (χ2v) is 8.77. The maximum atomic E-state index is 13.3. The number of likely N-dealkylation sites (tertiary alicyclic amines) is 1. The van der Waals surface area contributed by atoms with Crippen LogP contribution in [0.4, 0.5) is 31.1 Å². The van der Waals surface area contributed by atoms with E-state index in [0.717, 1.165) is 4.90 Å². The van der Waals surface area contributed by atoms with Crippen molar-refractivity contribution in [3.05, 3.63) is 70.8 Å². The monoisotopic (exact) mass is 472 g/mol. The molecule has 1 N–H and O–H groups in total. The number of benzene rings is 2. The van der Waals surface area contributed by atoms with Crippen LogP contribution in [0, 0.1) is 5.92 Å². The summed E-state index contributed by atoms with van der Waals surface area (Å²) in [5.74, 6) is -0.124. The number of alkyl halides is 6. The predicted octanol–water partition coefficient (Wildman–Crippen LogP) is 5.64. The third-order valence-electron chi connectivity index (χ3n) is 6.66. The number of piperidine rings is 1. The van der Waals surface area contributed by atoms with E-state index < -0.39 is 47.2 Å². The number of aliphatic hydroxyl groups is 1. The van der Waals surface area contributed by atoms with E-state index >= 15 is 0 Å². The van der Waals surface area contributed by atoms with Gasteiger partial charge >= 0.3 is 18.4 Å². The van der Waals surface area contributed by atoms with E-state index in [2.05, 4.69) is 0 Å². The van der Waals surface area contributed by atoms with Crippen LogP contribution in [-0.4, -0.2) is 40.1 Å². The van der Waals surface area contributed by atoms with E-state index in [1.54, 1.807) is 30.3 Å². The van der Waals surface area contributed by atoms with E-state index in [1.807, 2.05) is 0 Å². The first-order valence-corrected chi connectivity index (χ1v) is 10.3. The van der Waals surface area contributed by atoms with Crippen molar-refractivity contribution in [1.82, 2.24) is 9.80 Å². The largest absolute Gasteiger partial charge is 0.416 e. The molecule has 4 atom stereocenters. The standard InChI is InChI=1S/C23H22F6N2O2/c1-13(15-8-16(22(24,25)26)10-17(9-15)23(27,28)29)30(2)20(32)31-12-18-11-21(18,33)19(31)14-6-4-3-5-7-14/h3-10,13,18-19,33H,11-12H2,1-2H3/t13-,18?,19-,21+/m0/s1. The lowest BCUT2D eigenvalue weighted by Crippen LogP contribution is -2.45. The SMILES string of the molecule is C[C@@H](c1cc(C(F)(F)F)cc(C(F)(F)F)c1)N(C)C(=O)N1CC2C[C@]2(O)[C@@H]1c1ccccc1. The second kappa shape index (κ2) is 7.65. The normalized spacial score (nSPS) is 25.5. The van der Waals surface area contributed by atoms with Gasteiger partial charge in [-0.3, -0.25) is 0 Å². The molecular weight excluding hydrogens is 450 g/mol. The van der Waals surface area contributed by atoms with Crippen molar-refractivity contribution in [2.24, 2.45) is 5.92 Å². The Labute approximate surface area is 186 Å². The fraction of sp³-hybridized carbons (Fsp3) is 0.435. The first kappa shape index (κ1) is 23.4. The summed E-state index contributed by atoms with van der Waals surface area (Å²) in [5.41, 5.74) is -3.52. The summed E-state index contributed by atoms with van der Waals surface area (Å²) in [4.78, 5) is 15.9. The summed E-state index contributed by atoms with van der Waals surface area (Å²) >= 11 is 0. The Morgan fingerprint density at radius 1 is 1.06 bits per heavy atom. The van der Waals surface area contributed by atoms with Crippen molar-refractivity contribution < 1.29 is 36.2 Å². The number of hydrogen-bond donors (Lipinski definition) is 1. The first-order chi connectivity index (χ1) is 15.2. The lowest BCUT2D eigenvalue weighted by atomic mass is 9.99. The fourth-order valence-electron chi connectivity index (χ4n) is 4.61. The molecule has 0 bridgehead atoms. The Bertz CT molecular complexity index is 1020. The molecule has 1 aliphatic heterocycles. The molecule has 4 nitrogen and oxygen atoms in total. The lowest BCUT2D eigenvalue weighted by molar-refractivity contribution is -0.143. The van der Waals surface area contributed by atoms with Gasteiger partial charge in [0.15, 0.2) is 0 Å². The highest BCUT2D eigenvalue weighted by atomic mass is 19.4. The molecule has 2 aromatic carbocycles. The zero-order valence-electron chi connectivity index (χ0n) is 17.8. The van der Waals surface area contributed by atoms with Crippen molar-refractivity contribution in [3.8, 4) is 0 Å². The molecular formula is C23H22F6N2O2. The van der Waals surface area contributed by atoms with E-state index in [1.165, 1.54) is 18.9 Å². The first-order valence-electron chi connectivity index (χ1n) is 10.3. The van der Waals surface area contributed by atoms with Crippen molar-refractivity contribution in [3.63, 3.8) is 0 Å². The van der Waals surface area contributed by atoms with Gasteiger partial charge in [0.2, 0.25) is 0 Å². The smallest absolute Gasteiger partial charge is 0.387 e. The van der Waals surface area contributed by atoms with Gasteiger partial charge in [0.05, 0.1) is 28.8 Å². The van der Waals surface area contributed by atoms with Gasteiger partial charge < -0.3 is 14.9 Å². The minimum Gasteiger partial charge on any atom is -0.387 e. The van der Waals surface area contributed by atoms with E-state index in [-0.39, 0.29) is 24.1 Å². The maximum absolute atomic E-state index is 13.3. The van der Waals surface area contributed by atoms with Crippen LogP contribution in [0.25, 0.3) is 0 Å². The molecule has 1 unspecified atom stereocenters. The van der Waals surface area contributed by atoms with Crippen molar-refractivity contribution in [2.75, 3.05) is 13.6 Å². The lowest BCUT2D eigenvalue weighted by Gasteiger charge is -2.36. The summed E-state index contributed by atoms with van der Waals surface area (Å²) in [7, 11) is 1.33. The molecule has 178 valence electrons. The molecule has 0 spiro atoms. The van der Waals surface area contributed by atoms with Gasteiger partial charge in [0.25, 0.3) is 0 Å². The molecule has 0 aromatic heterocycles. The Morgan fingerprint density at radius 2 is 1.61 bits per heavy atom. The van der Waals surface area contributed by atoms with Gasteiger partial charge in [-0.05, 0) is 42.7 Å². The summed E-state index contributed by atoms with van der Waals surface area (Å²) in [6, 6.07) is 7.90. The highest BCUT2D eigenvalue weighted by molar-refractivity contribution is 5.76. The Morgan fingerprint density at radius 3 is 2.12 bits per heavy atom. The number of hydrogen-bond acceptors (Lipinski definition) is 2. The highest BCUT2D eigenvalue weighted by Gasteiger charge is 2.67. The topological polar surface area (TPSA) is 43.8 Å². The van der Waals surface area contributed by atoms with Gasteiger partial charge in [0.1, 0.15) is 0 Å². The summed E-state index contributed by atoms with van der Waals surface area (Å²) in [5, 5.41) is 10.9. The van der Waals surface area contributed by atoms with Crippen molar-refractivity contribution in [2.45, 2.75) is 43.4 Å². The summed E-state index contributed by atoms with van der Waals surface area (Å²) in [6.45, 7) is 1.62. The molecule has 2 fully saturated rings. The Balaban J connectivity index is 1.64. The molecule has 1 saturated heterocycles. The maximum Gasteiger partial charge on any atom is 0.416 e. The van der Waals surface area contributed by atoms with Crippen molar-refractivity contribution >= 4 is 6.03 Å². The van der Waals surface area contributed by atoms with Crippen LogP contribution in [-0.2, 0) is 12.4 Å². The van der Waals surface area contributed by atoms with Crippen LogP contribution in [0.3, 0.4) is 0 Å². The zero-order valence-corrected chi connectivity index (χ0v) is 17.8. The van der Waals surface area contributed by atoms with Crippen LogP contribution < -0.4 is 0 Å². The highest BCUT2D eigenvalue weighted by Crippen LogP contribution is 2.60. The van der Waals surface area contributed by atoms with E-state index in [0.29, 0.717) is 24.1 Å². The molecule has 0 radical (unpaired) electrons. The Kier molecular flexibility index (Phi) is 5.42.